The normalized spacial score (nSPS) is 9.73. The van der Waals surface area contributed by atoms with Gasteiger partial charge >= 0.3 is 5.97 Å². The first-order chi connectivity index (χ1) is 7.19. The van der Waals surface area contributed by atoms with Crippen LogP contribution in [0.4, 0.5) is 0 Å². The lowest BCUT2D eigenvalue weighted by atomic mass is 10.4. The molecule has 0 unspecified atom stereocenters. The predicted octanol–water partition coefficient (Wildman–Crippen LogP) is 0.411. The molecule has 1 amide bonds. The summed E-state index contributed by atoms with van der Waals surface area (Å²) in [7, 11) is 1.28. The van der Waals surface area contributed by atoms with Crippen molar-refractivity contribution in [3.63, 3.8) is 0 Å². The Labute approximate surface area is 88.0 Å². The maximum absolute atomic E-state index is 11.6. The van der Waals surface area contributed by atoms with Crippen molar-refractivity contribution in [1.82, 2.24) is 9.88 Å². The Morgan fingerprint density at radius 1 is 1.53 bits per heavy atom. The summed E-state index contributed by atoms with van der Waals surface area (Å²) in [4.78, 5) is 22.4. The zero-order valence-electron chi connectivity index (χ0n) is 8.82. The Hall–Kier alpha value is -1.78. The number of nitrogens with one attached hydrogen (secondary N) is 1. The van der Waals surface area contributed by atoms with Crippen molar-refractivity contribution in [3.8, 4) is 0 Å². The van der Waals surface area contributed by atoms with E-state index in [4.69, 9.17) is 0 Å². The van der Waals surface area contributed by atoms with Crippen LogP contribution in [0.25, 0.3) is 0 Å². The van der Waals surface area contributed by atoms with E-state index in [0.717, 1.165) is 0 Å². The Kier molecular flexibility index (Phi) is 3.91. The highest BCUT2D eigenvalue weighted by Crippen LogP contribution is 2.01. The Balaban J connectivity index is 2.57. The number of aryl methyl sites for hydroxylation is 1. The van der Waals surface area contributed by atoms with Gasteiger partial charge in [0.2, 0.25) is 0 Å². The molecule has 0 aliphatic heterocycles. The molecule has 82 valence electrons. The quantitative estimate of drug-likeness (QED) is 0.732. The highest BCUT2D eigenvalue weighted by Gasteiger charge is 2.10. The molecule has 1 heterocycles. The summed E-state index contributed by atoms with van der Waals surface area (Å²) in [5.41, 5.74) is 0.543. The molecule has 5 nitrogen and oxygen atoms in total. The number of ether oxygens (including phenoxy) is 1. The topological polar surface area (TPSA) is 60.3 Å². The summed E-state index contributed by atoms with van der Waals surface area (Å²) in [5.74, 6) is -0.731. The summed E-state index contributed by atoms with van der Waals surface area (Å²) < 4.78 is 6.21. The third-order valence-electron chi connectivity index (χ3n) is 2.02. The molecule has 0 saturated carbocycles. The van der Waals surface area contributed by atoms with Crippen LogP contribution in [0.3, 0.4) is 0 Å². The lowest BCUT2D eigenvalue weighted by Crippen LogP contribution is -2.31. The third kappa shape index (κ3) is 2.83. The highest BCUT2D eigenvalue weighted by atomic mass is 16.5. The zero-order chi connectivity index (χ0) is 11.3. The van der Waals surface area contributed by atoms with Crippen LogP contribution >= 0.6 is 0 Å². The van der Waals surface area contributed by atoms with Crippen molar-refractivity contribution < 1.29 is 14.3 Å². The molecule has 0 bridgehead atoms. The molecule has 0 aliphatic rings. The van der Waals surface area contributed by atoms with Crippen molar-refractivity contribution in [2.45, 2.75) is 13.5 Å². The Bertz CT molecular complexity index is 357. The average Bonchev–Trinajstić information content (AvgIpc) is 2.73. The minimum absolute atomic E-state index is 0.107. The molecule has 0 aromatic carbocycles. The Morgan fingerprint density at radius 3 is 2.87 bits per heavy atom. The third-order valence-corrected chi connectivity index (χ3v) is 2.02. The lowest BCUT2D eigenvalue weighted by molar-refractivity contribution is -0.139. The van der Waals surface area contributed by atoms with Crippen molar-refractivity contribution in [1.29, 1.82) is 0 Å². The van der Waals surface area contributed by atoms with Crippen LogP contribution in [0.1, 0.15) is 17.4 Å². The summed E-state index contributed by atoms with van der Waals surface area (Å²) >= 11 is 0. The van der Waals surface area contributed by atoms with Gasteiger partial charge in [0, 0.05) is 12.7 Å². The lowest BCUT2D eigenvalue weighted by Gasteiger charge is -2.06. The Morgan fingerprint density at radius 2 is 2.27 bits per heavy atom. The number of amides is 1. The van der Waals surface area contributed by atoms with Crippen molar-refractivity contribution in [2.75, 3.05) is 13.7 Å². The minimum Gasteiger partial charge on any atom is -0.468 e. The summed E-state index contributed by atoms with van der Waals surface area (Å²) in [5, 5.41) is 2.48. The van der Waals surface area contributed by atoms with Crippen LogP contribution in [-0.2, 0) is 16.1 Å². The van der Waals surface area contributed by atoms with Gasteiger partial charge in [0.05, 0.1) is 7.11 Å². The van der Waals surface area contributed by atoms with E-state index in [1.54, 1.807) is 16.7 Å². The molecular formula is C10H14N2O3. The molecule has 0 atom stereocenters. The van der Waals surface area contributed by atoms with Gasteiger partial charge in [-0.25, -0.2) is 0 Å². The predicted molar refractivity (Wildman–Crippen MR) is 54.5 cm³/mol. The molecule has 0 aliphatic carbocycles. The molecule has 1 N–H and O–H groups in total. The summed E-state index contributed by atoms with van der Waals surface area (Å²) in [6, 6.07) is 3.49. The van der Waals surface area contributed by atoms with E-state index in [9.17, 15) is 9.59 Å². The van der Waals surface area contributed by atoms with Gasteiger partial charge in [0.25, 0.3) is 5.91 Å². The molecule has 0 spiro atoms. The van der Waals surface area contributed by atoms with Crippen LogP contribution < -0.4 is 5.32 Å². The monoisotopic (exact) mass is 210 g/mol. The van der Waals surface area contributed by atoms with Gasteiger partial charge in [0.1, 0.15) is 12.2 Å². The number of carbonyl (C=O) groups excluding carboxylic acids is 2. The van der Waals surface area contributed by atoms with Gasteiger partial charge in [-0.15, -0.1) is 0 Å². The highest BCUT2D eigenvalue weighted by molar-refractivity contribution is 5.94. The molecule has 0 fully saturated rings. The number of hydrogen-bond acceptors (Lipinski definition) is 3. The second-order valence-electron chi connectivity index (χ2n) is 2.94. The number of rotatable bonds is 4. The number of esters is 1. The molecule has 0 saturated heterocycles. The van der Waals surface area contributed by atoms with Crippen LogP contribution in [0.2, 0.25) is 0 Å². The number of hydrogen-bond donors (Lipinski definition) is 1. The molecule has 1 aromatic rings. The van der Waals surface area contributed by atoms with Crippen LogP contribution in [0.5, 0.6) is 0 Å². The first kappa shape index (κ1) is 11.3. The van der Waals surface area contributed by atoms with Gasteiger partial charge in [-0.1, -0.05) is 0 Å². The first-order valence-corrected chi connectivity index (χ1v) is 4.69. The molecule has 15 heavy (non-hydrogen) atoms. The zero-order valence-corrected chi connectivity index (χ0v) is 8.82. The first-order valence-electron chi connectivity index (χ1n) is 4.69. The number of carbonyl (C=O) groups is 2. The van der Waals surface area contributed by atoms with Gasteiger partial charge in [-0.05, 0) is 19.1 Å². The second kappa shape index (κ2) is 5.19. The van der Waals surface area contributed by atoms with Crippen molar-refractivity contribution in [2.24, 2.45) is 0 Å². The maximum Gasteiger partial charge on any atom is 0.325 e. The number of aromatic nitrogens is 1. The fourth-order valence-electron chi connectivity index (χ4n) is 1.21. The van der Waals surface area contributed by atoms with E-state index in [1.807, 2.05) is 13.1 Å². The SMILES string of the molecule is CCn1cccc1C(=O)NCC(=O)OC. The van der Waals surface area contributed by atoms with Crippen LogP contribution in [0, 0.1) is 0 Å². The van der Waals surface area contributed by atoms with E-state index >= 15 is 0 Å². The van der Waals surface area contributed by atoms with Crippen LogP contribution in [-0.4, -0.2) is 30.1 Å². The van der Waals surface area contributed by atoms with E-state index in [1.165, 1.54) is 7.11 Å². The van der Waals surface area contributed by atoms with Gasteiger partial charge in [-0.2, -0.15) is 0 Å². The number of methoxy groups -OCH3 is 1. The summed E-state index contributed by atoms with van der Waals surface area (Å²) in [6.07, 6.45) is 1.81. The fraction of sp³-hybridized carbons (Fsp3) is 0.400. The van der Waals surface area contributed by atoms with Gasteiger partial charge < -0.3 is 14.6 Å². The molecule has 1 aromatic heterocycles. The van der Waals surface area contributed by atoms with Crippen molar-refractivity contribution in [3.05, 3.63) is 24.0 Å². The van der Waals surface area contributed by atoms with Crippen LogP contribution in [0.15, 0.2) is 18.3 Å². The smallest absolute Gasteiger partial charge is 0.325 e. The maximum atomic E-state index is 11.6. The molecule has 1 rings (SSSR count). The fourth-order valence-corrected chi connectivity index (χ4v) is 1.21. The standard InChI is InChI=1S/C10H14N2O3/c1-3-12-6-4-5-8(12)10(14)11-7-9(13)15-2/h4-6H,3,7H2,1-2H3,(H,11,14). The van der Waals surface area contributed by atoms with Gasteiger partial charge in [0.15, 0.2) is 0 Å². The van der Waals surface area contributed by atoms with E-state index in [0.29, 0.717) is 12.2 Å². The van der Waals surface area contributed by atoms with E-state index < -0.39 is 5.97 Å². The second-order valence-corrected chi connectivity index (χ2v) is 2.94. The molecule has 5 heteroatoms. The summed E-state index contributed by atoms with van der Waals surface area (Å²) in [6.45, 7) is 2.55. The minimum atomic E-state index is -0.460. The number of nitrogens with zero attached hydrogens (tertiary/aromatic N) is 1. The molecule has 0 radical (unpaired) electrons. The van der Waals surface area contributed by atoms with E-state index in [2.05, 4.69) is 10.1 Å². The van der Waals surface area contributed by atoms with Gasteiger partial charge in [-0.3, -0.25) is 9.59 Å². The molecular weight excluding hydrogens is 196 g/mol. The largest absolute Gasteiger partial charge is 0.468 e. The van der Waals surface area contributed by atoms with E-state index in [-0.39, 0.29) is 12.5 Å². The van der Waals surface area contributed by atoms with Crippen molar-refractivity contribution >= 4 is 11.9 Å². The average molecular weight is 210 g/mol.